The molecule has 3 aromatic rings. The zero-order valence-corrected chi connectivity index (χ0v) is 16.4. The summed E-state index contributed by atoms with van der Waals surface area (Å²) in [6, 6.07) is 20.2. The van der Waals surface area contributed by atoms with E-state index in [2.05, 4.69) is 5.32 Å². The Balaban J connectivity index is 1.49. The lowest BCUT2D eigenvalue weighted by molar-refractivity contribution is 0.0951. The minimum absolute atomic E-state index is 0.0776. The van der Waals surface area contributed by atoms with Gasteiger partial charge >= 0.3 is 0 Å². The molecule has 3 aromatic carbocycles. The minimum atomic E-state index is -3.61. The second-order valence-corrected chi connectivity index (χ2v) is 9.26. The van der Waals surface area contributed by atoms with Gasteiger partial charge in [0.15, 0.2) is 0 Å². The molecular formula is C22H22N2O3S. The van der Waals surface area contributed by atoms with Crippen LogP contribution in [0.3, 0.4) is 0 Å². The van der Waals surface area contributed by atoms with Gasteiger partial charge in [-0.1, -0.05) is 42.5 Å². The standard InChI is InChI=1S/C22H22N2O3S/c1-24(15-16-6-8-18(9-7-16)22(25)23-20-11-12-20)28(26,27)21-13-10-17-4-2-3-5-19(17)14-21/h2-10,13-14,20H,11-12,15H2,1H3,(H,23,25). The van der Waals surface area contributed by atoms with Crippen molar-refractivity contribution in [2.45, 2.75) is 30.3 Å². The van der Waals surface area contributed by atoms with Crippen LogP contribution in [0.5, 0.6) is 0 Å². The van der Waals surface area contributed by atoms with E-state index in [-0.39, 0.29) is 17.3 Å². The molecule has 0 radical (unpaired) electrons. The molecule has 0 aliphatic heterocycles. The molecule has 1 N–H and O–H groups in total. The SMILES string of the molecule is CN(Cc1ccc(C(=O)NC2CC2)cc1)S(=O)(=O)c1ccc2ccccc2c1. The van der Waals surface area contributed by atoms with Crippen LogP contribution in [0.2, 0.25) is 0 Å². The smallest absolute Gasteiger partial charge is 0.251 e. The Morgan fingerprint density at radius 2 is 1.68 bits per heavy atom. The predicted molar refractivity (Wildman–Crippen MR) is 110 cm³/mol. The molecule has 1 saturated carbocycles. The summed E-state index contributed by atoms with van der Waals surface area (Å²) >= 11 is 0. The Hall–Kier alpha value is -2.70. The number of benzene rings is 3. The van der Waals surface area contributed by atoms with Crippen LogP contribution in [0.15, 0.2) is 71.6 Å². The molecule has 28 heavy (non-hydrogen) atoms. The van der Waals surface area contributed by atoms with Gasteiger partial charge in [-0.2, -0.15) is 4.31 Å². The number of sulfonamides is 1. The molecule has 0 atom stereocenters. The molecule has 0 unspecified atom stereocenters. The second kappa shape index (κ2) is 7.37. The van der Waals surface area contributed by atoms with Gasteiger partial charge in [0.05, 0.1) is 4.90 Å². The summed E-state index contributed by atoms with van der Waals surface area (Å²) in [5.41, 5.74) is 1.42. The van der Waals surface area contributed by atoms with E-state index < -0.39 is 10.0 Å². The van der Waals surface area contributed by atoms with Gasteiger partial charge in [-0.15, -0.1) is 0 Å². The van der Waals surface area contributed by atoms with E-state index >= 15 is 0 Å². The summed E-state index contributed by atoms with van der Waals surface area (Å²) in [4.78, 5) is 12.3. The molecular weight excluding hydrogens is 372 g/mol. The number of nitrogens with one attached hydrogen (secondary N) is 1. The number of hydrogen-bond acceptors (Lipinski definition) is 3. The van der Waals surface area contributed by atoms with Crippen molar-refractivity contribution in [1.82, 2.24) is 9.62 Å². The number of amides is 1. The second-order valence-electron chi connectivity index (χ2n) is 7.21. The summed E-state index contributed by atoms with van der Waals surface area (Å²) in [5, 5.41) is 4.84. The molecule has 1 aliphatic carbocycles. The van der Waals surface area contributed by atoms with E-state index in [1.807, 2.05) is 30.3 Å². The number of hydrogen-bond donors (Lipinski definition) is 1. The molecule has 0 aromatic heterocycles. The summed E-state index contributed by atoms with van der Waals surface area (Å²) < 4.78 is 27.2. The maximum absolute atomic E-state index is 12.9. The first-order chi connectivity index (χ1) is 13.4. The zero-order valence-electron chi connectivity index (χ0n) is 15.6. The Labute approximate surface area is 165 Å². The van der Waals surface area contributed by atoms with E-state index in [9.17, 15) is 13.2 Å². The van der Waals surface area contributed by atoms with E-state index in [1.165, 1.54) is 4.31 Å². The molecule has 0 heterocycles. The molecule has 1 amide bonds. The van der Waals surface area contributed by atoms with Crippen molar-refractivity contribution in [2.24, 2.45) is 0 Å². The number of rotatable bonds is 6. The third-order valence-corrected chi connectivity index (χ3v) is 6.76. The largest absolute Gasteiger partial charge is 0.349 e. The van der Waals surface area contributed by atoms with Gasteiger partial charge in [0, 0.05) is 25.2 Å². The molecule has 5 nitrogen and oxygen atoms in total. The fourth-order valence-corrected chi connectivity index (χ4v) is 4.30. The van der Waals surface area contributed by atoms with Crippen molar-refractivity contribution in [1.29, 1.82) is 0 Å². The maximum atomic E-state index is 12.9. The van der Waals surface area contributed by atoms with Gasteiger partial charge in [-0.3, -0.25) is 4.79 Å². The van der Waals surface area contributed by atoms with Gasteiger partial charge < -0.3 is 5.32 Å². The molecule has 6 heteroatoms. The lowest BCUT2D eigenvalue weighted by Crippen LogP contribution is -2.27. The van der Waals surface area contributed by atoms with Crippen LogP contribution >= 0.6 is 0 Å². The highest BCUT2D eigenvalue weighted by Crippen LogP contribution is 2.23. The first-order valence-corrected chi connectivity index (χ1v) is 10.7. The Morgan fingerprint density at radius 3 is 2.36 bits per heavy atom. The first-order valence-electron chi connectivity index (χ1n) is 9.28. The average Bonchev–Trinajstić information content (AvgIpc) is 3.52. The van der Waals surface area contributed by atoms with E-state index in [0.717, 1.165) is 29.2 Å². The Morgan fingerprint density at radius 1 is 1.00 bits per heavy atom. The van der Waals surface area contributed by atoms with Crippen LogP contribution in [0, 0.1) is 0 Å². The quantitative estimate of drug-likeness (QED) is 0.695. The highest BCUT2D eigenvalue weighted by Gasteiger charge is 2.24. The van der Waals surface area contributed by atoms with Crippen molar-refractivity contribution >= 4 is 26.7 Å². The predicted octanol–water partition coefficient (Wildman–Crippen LogP) is 3.55. The monoisotopic (exact) mass is 394 g/mol. The third kappa shape index (κ3) is 3.93. The van der Waals surface area contributed by atoms with Crippen LogP contribution in [-0.2, 0) is 16.6 Å². The molecule has 144 valence electrons. The van der Waals surface area contributed by atoms with Crippen molar-refractivity contribution in [2.75, 3.05) is 7.05 Å². The number of carbonyl (C=O) groups is 1. The van der Waals surface area contributed by atoms with Gasteiger partial charge in [-0.05, 0) is 53.4 Å². The lowest BCUT2D eigenvalue weighted by Gasteiger charge is -2.18. The van der Waals surface area contributed by atoms with Gasteiger partial charge in [-0.25, -0.2) is 8.42 Å². The number of carbonyl (C=O) groups excluding carboxylic acids is 1. The van der Waals surface area contributed by atoms with Gasteiger partial charge in [0.25, 0.3) is 5.91 Å². The molecule has 0 spiro atoms. The summed E-state index contributed by atoms with van der Waals surface area (Å²) in [6.07, 6.45) is 2.09. The van der Waals surface area contributed by atoms with Crippen molar-refractivity contribution in [3.63, 3.8) is 0 Å². The lowest BCUT2D eigenvalue weighted by atomic mass is 10.1. The van der Waals surface area contributed by atoms with Crippen LogP contribution < -0.4 is 5.32 Å². The summed E-state index contributed by atoms with van der Waals surface area (Å²) in [5.74, 6) is -0.0776. The van der Waals surface area contributed by atoms with Crippen molar-refractivity contribution in [3.8, 4) is 0 Å². The molecule has 0 saturated heterocycles. The summed E-state index contributed by atoms with van der Waals surface area (Å²) in [7, 11) is -2.04. The molecule has 1 fully saturated rings. The van der Waals surface area contributed by atoms with E-state index in [1.54, 1.807) is 43.4 Å². The van der Waals surface area contributed by atoms with Crippen LogP contribution in [0.1, 0.15) is 28.8 Å². The molecule has 4 rings (SSSR count). The van der Waals surface area contributed by atoms with Crippen LogP contribution in [0.25, 0.3) is 10.8 Å². The maximum Gasteiger partial charge on any atom is 0.251 e. The van der Waals surface area contributed by atoms with E-state index in [0.29, 0.717) is 11.6 Å². The topological polar surface area (TPSA) is 66.5 Å². The van der Waals surface area contributed by atoms with Crippen molar-refractivity contribution in [3.05, 3.63) is 77.9 Å². The van der Waals surface area contributed by atoms with Gasteiger partial charge in [0.2, 0.25) is 10.0 Å². The minimum Gasteiger partial charge on any atom is -0.349 e. The van der Waals surface area contributed by atoms with Crippen molar-refractivity contribution < 1.29 is 13.2 Å². The highest BCUT2D eigenvalue weighted by atomic mass is 32.2. The first kappa shape index (κ1) is 18.7. The Kier molecular flexibility index (Phi) is 4.91. The van der Waals surface area contributed by atoms with E-state index in [4.69, 9.17) is 0 Å². The number of fused-ring (bicyclic) bond motifs is 1. The molecule has 0 bridgehead atoms. The van der Waals surface area contributed by atoms with Crippen LogP contribution in [-0.4, -0.2) is 31.7 Å². The Bertz CT molecular complexity index is 1120. The van der Waals surface area contributed by atoms with Crippen LogP contribution in [0.4, 0.5) is 0 Å². The fraction of sp³-hybridized carbons (Fsp3) is 0.227. The third-order valence-electron chi connectivity index (χ3n) is 4.96. The fourth-order valence-electron chi connectivity index (χ4n) is 3.11. The van der Waals surface area contributed by atoms with Gasteiger partial charge in [0.1, 0.15) is 0 Å². The average molecular weight is 394 g/mol. The zero-order chi connectivity index (χ0) is 19.7. The molecule has 1 aliphatic rings. The highest BCUT2D eigenvalue weighted by molar-refractivity contribution is 7.89. The normalized spacial score (nSPS) is 14.4. The summed E-state index contributed by atoms with van der Waals surface area (Å²) in [6.45, 7) is 0.236. The number of nitrogens with zero attached hydrogens (tertiary/aromatic N) is 1.